The Morgan fingerprint density at radius 2 is 1.96 bits per heavy atom. The van der Waals surface area contributed by atoms with Gasteiger partial charge < -0.3 is 4.74 Å². The van der Waals surface area contributed by atoms with Crippen molar-refractivity contribution in [2.75, 3.05) is 32.5 Å². The minimum atomic E-state index is -3.40. The van der Waals surface area contributed by atoms with Crippen molar-refractivity contribution < 1.29 is 17.9 Å². The number of hydrogen-bond acceptors (Lipinski definition) is 5. The maximum absolute atomic E-state index is 12.6. The normalized spacial score (nSPS) is 31.4. The Morgan fingerprint density at radius 1 is 1.22 bits per heavy atom. The highest BCUT2D eigenvalue weighted by Gasteiger charge is 2.44. The topological polar surface area (TPSA) is 66.9 Å². The number of sulfonamides is 1. The van der Waals surface area contributed by atoms with Crippen molar-refractivity contribution in [3.63, 3.8) is 0 Å². The summed E-state index contributed by atoms with van der Waals surface area (Å²) < 4.78 is 31.5. The number of hydrogen-bond donors (Lipinski definition) is 0. The molecule has 1 saturated carbocycles. The van der Waals surface area contributed by atoms with Gasteiger partial charge in [0.05, 0.1) is 18.8 Å². The van der Waals surface area contributed by atoms with E-state index in [1.807, 2.05) is 0 Å². The number of esters is 1. The van der Waals surface area contributed by atoms with Crippen LogP contribution in [0.2, 0.25) is 0 Å². The average molecular weight is 344 g/mol. The summed E-state index contributed by atoms with van der Waals surface area (Å²) in [7, 11) is -2.10. The molecule has 2 heterocycles. The number of rotatable bonds is 5. The molecule has 0 N–H and O–H groups in total. The van der Waals surface area contributed by atoms with Gasteiger partial charge in [-0.3, -0.25) is 9.69 Å². The number of piperidine rings is 2. The van der Waals surface area contributed by atoms with Crippen LogP contribution in [-0.4, -0.2) is 68.2 Å². The van der Waals surface area contributed by atoms with E-state index in [9.17, 15) is 13.2 Å². The molecule has 0 aromatic rings. The van der Waals surface area contributed by atoms with Crippen LogP contribution in [-0.2, 0) is 19.6 Å². The molecule has 0 radical (unpaired) electrons. The van der Waals surface area contributed by atoms with Crippen molar-refractivity contribution >= 4 is 16.0 Å². The standard InChI is InChI=1S/C16H28N2O4S/c1-12(16(19)22-2)11-23(20,21)17-9-7-15-13(10-17)4-3-8-18(15)14-5-6-14/h12-15H,3-11H2,1-2H3/t12-,13-,15-/m1/s1. The van der Waals surface area contributed by atoms with Crippen molar-refractivity contribution in [3.05, 3.63) is 0 Å². The number of carbonyl (C=O) groups excluding carboxylic acids is 1. The van der Waals surface area contributed by atoms with Crippen LogP contribution < -0.4 is 0 Å². The molecule has 0 bridgehead atoms. The fourth-order valence-corrected chi connectivity index (χ4v) is 5.99. The Bertz CT molecular complexity index is 546. The summed E-state index contributed by atoms with van der Waals surface area (Å²) in [6.07, 6.45) is 5.83. The molecule has 23 heavy (non-hydrogen) atoms. The second-order valence-corrected chi connectivity index (χ2v) is 9.30. The van der Waals surface area contributed by atoms with Gasteiger partial charge in [0.2, 0.25) is 10.0 Å². The fraction of sp³-hybridized carbons (Fsp3) is 0.938. The van der Waals surface area contributed by atoms with E-state index < -0.39 is 21.9 Å². The van der Waals surface area contributed by atoms with Crippen molar-refractivity contribution in [3.8, 4) is 0 Å². The van der Waals surface area contributed by atoms with Gasteiger partial charge in [0, 0.05) is 25.2 Å². The molecule has 0 unspecified atom stereocenters. The molecule has 7 heteroatoms. The van der Waals surface area contributed by atoms with Crippen molar-refractivity contribution in [1.29, 1.82) is 0 Å². The van der Waals surface area contributed by atoms with Gasteiger partial charge in [-0.15, -0.1) is 0 Å². The van der Waals surface area contributed by atoms with Gasteiger partial charge in [0.15, 0.2) is 0 Å². The molecule has 3 aliphatic rings. The highest BCUT2D eigenvalue weighted by molar-refractivity contribution is 7.89. The lowest BCUT2D eigenvalue weighted by molar-refractivity contribution is -0.144. The molecule has 132 valence electrons. The molecule has 0 amide bonds. The Labute approximate surface area is 139 Å². The van der Waals surface area contributed by atoms with E-state index in [0.29, 0.717) is 25.0 Å². The first-order valence-corrected chi connectivity index (χ1v) is 10.3. The summed E-state index contributed by atoms with van der Waals surface area (Å²) in [6, 6.07) is 1.31. The minimum Gasteiger partial charge on any atom is -0.469 e. The van der Waals surface area contributed by atoms with Gasteiger partial charge in [0.1, 0.15) is 0 Å². The Balaban J connectivity index is 1.63. The number of likely N-dealkylation sites (tertiary alicyclic amines) is 1. The van der Waals surface area contributed by atoms with Crippen LogP contribution in [0.15, 0.2) is 0 Å². The molecule has 0 aromatic carbocycles. The molecule has 6 nitrogen and oxygen atoms in total. The van der Waals surface area contributed by atoms with E-state index in [2.05, 4.69) is 9.64 Å². The highest BCUT2D eigenvalue weighted by atomic mass is 32.2. The fourth-order valence-electron chi connectivity index (χ4n) is 4.21. The largest absolute Gasteiger partial charge is 0.469 e. The predicted octanol–water partition coefficient (Wildman–Crippen LogP) is 1.07. The van der Waals surface area contributed by atoms with Crippen LogP contribution in [0.5, 0.6) is 0 Å². The smallest absolute Gasteiger partial charge is 0.309 e. The van der Waals surface area contributed by atoms with Crippen molar-refractivity contribution in [2.24, 2.45) is 11.8 Å². The molecule has 0 aromatic heterocycles. The first kappa shape index (κ1) is 17.2. The maximum Gasteiger partial charge on any atom is 0.309 e. The zero-order valence-corrected chi connectivity index (χ0v) is 14.9. The zero-order valence-electron chi connectivity index (χ0n) is 14.1. The number of ether oxygens (including phenoxy) is 1. The third-order valence-corrected chi connectivity index (χ3v) is 7.59. The molecule has 1 aliphatic carbocycles. The third-order valence-electron chi connectivity index (χ3n) is 5.55. The second kappa shape index (κ2) is 6.69. The number of carbonyl (C=O) groups is 1. The van der Waals surface area contributed by atoms with Crippen LogP contribution in [0.3, 0.4) is 0 Å². The molecular weight excluding hydrogens is 316 g/mol. The van der Waals surface area contributed by atoms with E-state index in [4.69, 9.17) is 0 Å². The van der Waals surface area contributed by atoms with E-state index in [1.54, 1.807) is 11.2 Å². The van der Waals surface area contributed by atoms with Gasteiger partial charge in [-0.25, -0.2) is 12.7 Å². The monoisotopic (exact) mass is 344 g/mol. The molecule has 0 spiro atoms. The van der Waals surface area contributed by atoms with Gasteiger partial charge in [-0.2, -0.15) is 0 Å². The summed E-state index contributed by atoms with van der Waals surface area (Å²) in [6.45, 7) is 3.99. The SMILES string of the molecule is COC(=O)[C@H](C)CS(=O)(=O)N1CC[C@@H]2[C@H](CCCN2C2CC2)C1. The van der Waals surface area contributed by atoms with Crippen LogP contribution in [0, 0.1) is 11.8 Å². The molecule has 3 fully saturated rings. The third kappa shape index (κ3) is 3.72. The van der Waals surface area contributed by atoms with E-state index in [0.717, 1.165) is 18.9 Å². The van der Waals surface area contributed by atoms with E-state index in [-0.39, 0.29) is 5.75 Å². The lowest BCUT2D eigenvalue weighted by atomic mass is 9.84. The van der Waals surface area contributed by atoms with Gasteiger partial charge in [0.25, 0.3) is 0 Å². The maximum atomic E-state index is 12.6. The quantitative estimate of drug-likeness (QED) is 0.698. The molecular formula is C16H28N2O4S. The Kier molecular flexibility index (Phi) is 4.99. The highest BCUT2D eigenvalue weighted by Crippen LogP contribution is 2.38. The summed E-state index contributed by atoms with van der Waals surface area (Å²) in [5.74, 6) is -0.775. The Hall–Kier alpha value is -0.660. The number of methoxy groups -OCH3 is 1. The summed E-state index contributed by atoms with van der Waals surface area (Å²) in [5, 5.41) is 0. The molecule has 3 atom stereocenters. The van der Waals surface area contributed by atoms with E-state index in [1.165, 1.54) is 32.9 Å². The lowest BCUT2D eigenvalue weighted by Crippen LogP contribution is -2.56. The van der Waals surface area contributed by atoms with Crippen LogP contribution in [0.25, 0.3) is 0 Å². The van der Waals surface area contributed by atoms with Gasteiger partial charge in [-0.1, -0.05) is 6.92 Å². The predicted molar refractivity (Wildman–Crippen MR) is 87.4 cm³/mol. The zero-order chi connectivity index (χ0) is 16.6. The molecule has 2 aliphatic heterocycles. The van der Waals surface area contributed by atoms with Crippen LogP contribution in [0.4, 0.5) is 0 Å². The van der Waals surface area contributed by atoms with Crippen LogP contribution in [0.1, 0.15) is 39.0 Å². The second-order valence-electron chi connectivity index (χ2n) is 7.29. The van der Waals surface area contributed by atoms with Crippen molar-refractivity contribution in [1.82, 2.24) is 9.21 Å². The summed E-state index contributed by atoms with van der Waals surface area (Å²) in [5.41, 5.74) is 0. The van der Waals surface area contributed by atoms with Crippen LogP contribution >= 0.6 is 0 Å². The number of fused-ring (bicyclic) bond motifs is 1. The first-order valence-electron chi connectivity index (χ1n) is 8.74. The van der Waals surface area contributed by atoms with Gasteiger partial charge >= 0.3 is 5.97 Å². The Morgan fingerprint density at radius 3 is 2.61 bits per heavy atom. The average Bonchev–Trinajstić information content (AvgIpc) is 3.37. The van der Waals surface area contributed by atoms with Crippen molar-refractivity contribution in [2.45, 2.75) is 51.1 Å². The molecule has 2 saturated heterocycles. The molecule has 3 rings (SSSR count). The summed E-state index contributed by atoms with van der Waals surface area (Å²) in [4.78, 5) is 14.1. The minimum absolute atomic E-state index is 0.149. The van der Waals surface area contributed by atoms with Gasteiger partial charge in [-0.05, 0) is 44.6 Å². The number of nitrogens with zero attached hydrogens (tertiary/aromatic N) is 2. The lowest BCUT2D eigenvalue weighted by Gasteiger charge is -2.47. The summed E-state index contributed by atoms with van der Waals surface area (Å²) >= 11 is 0. The van der Waals surface area contributed by atoms with E-state index >= 15 is 0 Å². The first-order chi connectivity index (χ1) is 10.9.